The Labute approximate surface area is 195 Å². The van der Waals surface area contributed by atoms with Crippen LogP contribution in [0.2, 0.25) is 0 Å². The number of ether oxygens (including phenoxy) is 2. The molecule has 1 aromatic heterocycles. The van der Waals surface area contributed by atoms with Gasteiger partial charge >= 0.3 is 0 Å². The van der Waals surface area contributed by atoms with Gasteiger partial charge in [0.15, 0.2) is 17.3 Å². The fourth-order valence-corrected chi connectivity index (χ4v) is 3.81. The van der Waals surface area contributed by atoms with Gasteiger partial charge in [0.1, 0.15) is 12.7 Å². The average Bonchev–Trinajstić information content (AvgIpc) is 3.21. The van der Waals surface area contributed by atoms with Crippen LogP contribution in [0.3, 0.4) is 0 Å². The average molecular weight is 488 g/mol. The van der Waals surface area contributed by atoms with Crippen molar-refractivity contribution >= 4 is 38.6 Å². The second-order valence-electron chi connectivity index (χ2n) is 7.16. The summed E-state index contributed by atoms with van der Waals surface area (Å²) in [5, 5.41) is 9.87. The smallest absolute Gasteiger partial charge is 0.161 e. The Morgan fingerprint density at radius 1 is 1.09 bits per heavy atom. The van der Waals surface area contributed by atoms with Crippen LogP contribution in [-0.2, 0) is 13.2 Å². The molecule has 0 spiro atoms. The molecule has 0 saturated heterocycles. The Morgan fingerprint density at radius 3 is 2.59 bits per heavy atom. The number of allylic oxidation sites excluding steroid dienone is 1. The number of para-hydroxylation sites is 2. The van der Waals surface area contributed by atoms with Gasteiger partial charge < -0.3 is 14.0 Å². The van der Waals surface area contributed by atoms with Crippen LogP contribution in [0, 0.1) is 11.3 Å². The van der Waals surface area contributed by atoms with Crippen molar-refractivity contribution < 1.29 is 9.47 Å². The predicted molar refractivity (Wildman–Crippen MR) is 130 cm³/mol. The van der Waals surface area contributed by atoms with Crippen LogP contribution in [-0.4, -0.2) is 16.7 Å². The number of rotatable bonds is 7. The van der Waals surface area contributed by atoms with E-state index in [1.807, 2.05) is 79.7 Å². The van der Waals surface area contributed by atoms with Crippen molar-refractivity contribution in [2.45, 2.75) is 20.1 Å². The third-order valence-corrected chi connectivity index (χ3v) is 5.67. The highest BCUT2D eigenvalue weighted by molar-refractivity contribution is 9.10. The minimum Gasteiger partial charge on any atom is -0.493 e. The number of fused-ring (bicyclic) bond motifs is 1. The summed E-state index contributed by atoms with van der Waals surface area (Å²) in [6.07, 6.45) is 1.83. The number of aryl methyl sites for hydroxylation is 1. The molecule has 32 heavy (non-hydrogen) atoms. The van der Waals surface area contributed by atoms with Crippen molar-refractivity contribution in [1.82, 2.24) is 9.55 Å². The molecule has 160 valence electrons. The highest BCUT2D eigenvalue weighted by Gasteiger charge is 2.14. The molecule has 4 aromatic rings. The Bertz CT molecular complexity index is 1320. The standard InChI is InChI=1S/C26H22BrN3O2/c1-3-30-23-7-5-4-6-22(23)29-26(30)20(16-28)14-19-10-13-24(25(15-19)31-2)32-17-18-8-11-21(27)12-9-18/h4-15H,3,17H2,1-2H3. The minimum absolute atomic E-state index is 0.433. The van der Waals surface area contributed by atoms with E-state index >= 15 is 0 Å². The third kappa shape index (κ3) is 4.53. The Hall–Kier alpha value is -3.56. The second-order valence-corrected chi connectivity index (χ2v) is 8.08. The van der Waals surface area contributed by atoms with Gasteiger partial charge in [-0.05, 0) is 60.5 Å². The maximum atomic E-state index is 9.87. The van der Waals surface area contributed by atoms with E-state index in [1.54, 1.807) is 7.11 Å². The van der Waals surface area contributed by atoms with E-state index in [-0.39, 0.29) is 0 Å². The molecule has 0 amide bonds. The predicted octanol–water partition coefficient (Wildman–Crippen LogP) is 6.47. The van der Waals surface area contributed by atoms with Crippen LogP contribution >= 0.6 is 15.9 Å². The molecule has 0 fully saturated rings. The topological polar surface area (TPSA) is 60.1 Å². The van der Waals surface area contributed by atoms with Gasteiger partial charge in [0.25, 0.3) is 0 Å². The lowest BCUT2D eigenvalue weighted by Gasteiger charge is -2.12. The van der Waals surface area contributed by atoms with Crippen molar-refractivity contribution in [1.29, 1.82) is 5.26 Å². The van der Waals surface area contributed by atoms with Crippen LogP contribution in [0.15, 0.2) is 71.2 Å². The van der Waals surface area contributed by atoms with Gasteiger partial charge in [-0.2, -0.15) is 5.26 Å². The fourth-order valence-electron chi connectivity index (χ4n) is 3.55. The van der Waals surface area contributed by atoms with Crippen LogP contribution in [0.25, 0.3) is 22.7 Å². The molecule has 5 nitrogen and oxygen atoms in total. The van der Waals surface area contributed by atoms with E-state index in [0.29, 0.717) is 29.5 Å². The summed E-state index contributed by atoms with van der Waals surface area (Å²) < 4.78 is 14.6. The van der Waals surface area contributed by atoms with Crippen molar-refractivity contribution in [2.75, 3.05) is 7.11 Å². The largest absolute Gasteiger partial charge is 0.493 e. The van der Waals surface area contributed by atoms with E-state index in [2.05, 4.69) is 26.6 Å². The zero-order valence-corrected chi connectivity index (χ0v) is 19.5. The minimum atomic E-state index is 0.433. The number of benzene rings is 3. The van der Waals surface area contributed by atoms with Gasteiger partial charge in [-0.3, -0.25) is 0 Å². The normalized spacial score (nSPS) is 11.4. The summed E-state index contributed by atoms with van der Waals surface area (Å²) >= 11 is 3.44. The number of aromatic nitrogens is 2. The molecule has 1 heterocycles. The highest BCUT2D eigenvalue weighted by atomic mass is 79.9. The number of methoxy groups -OCH3 is 1. The van der Waals surface area contributed by atoms with Crippen LogP contribution in [0.5, 0.6) is 11.5 Å². The van der Waals surface area contributed by atoms with E-state index in [0.717, 1.165) is 33.2 Å². The Morgan fingerprint density at radius 2 is 1.88 bits per heavy atom. The maximum Gasteiger partial charge on any atom is 0.161 e. The van der Waals surface area contributed by atoms with Gasteiger partial charge in [0, 0.05) is 11.0 Å². The SMILES string of the molecule is CCn1c(C(C#N)=Cc2ccc(OCc3ccc(Br)cc3)c(OC)c2)nc2ccccc21. The van der Waals surface area contributed by atoms with E-state index in [1.165, 1.54) is 0 Å². The molecule has 0 N–H and O–H groups in total. The van der Waals surface area contributed by atoms with Crippen molar-refractivity contribution in [3.05, 3.63) is 88.2 Å². The summed E-state index contributed by atoms with van der Waals surface area (Å²) in [5.41, 5.74) is 4.28. The van der Waals surface area contributed by atoms with E-state index in [9.17, 15) is 5.26 Å². The lowest BCUT2D eigenvalue weighted by Crippen LogP contribution is -2.00. The molecule has 0 aliphatic carbocycles. The van der Waals surface area contributed by atoms with Gasteiger partial charge in [0.05, 0.1) is 23.7 Å². The lowest BCUT2D eigenvalue weighted by molar-refractivity contribution is 0.284. The molecule has 3 aromatic carbocycles. The first-order chi connectivity index (χ1) is 15.6. The summed E-state index contributed by atoms with van der Waals surface area (Å²) in [4.78, 5) is 4.69. The Balaban J connectivity index is 1.63. The zero-order valence-electron chi connectivity index (χ0n) is 17.9. The fraction of sp³-hybridized carbons (Fsp3) is 0.154. The molecule has 0 aliphatic heterocycles. The van der Waals surface area contributed by atoms with E-state index < -0.39 is 0 Å². The zero-order chi connectivity index (χ0) is 22.5. The molecule has 0 unspecified atom stereocenters. The molecular formula is C26H22BrN3O2. The van der Waals surface area contributed by atoms with Crippen LogP contribution in [0.4, 0.5) is 0 Å². The summed E-state index contributed by atoms with van der Waals surface area (Å²) in [5.74, 6) is 1.91. The molecule has 0 aliphatic rings. The van der Waals surface area contributed by atoms with Gasteiger partial charge in [0.2, 0.25) is 0 Å². The van der Waals surface area contributed by atoms with Crippen LogP contribution in [0.1, 0.15) is 23.9 Å². The Kier molecular flexibility index (Phi) is 6.58. The van der Waals surface area contributed by atoms with Gasteiger partial charge in [-0.25, -0.2) is 4.98 Å². The second kappa shape index (κ2) is 9.71. The quantitative estimate of drug-likeness (QED) is 0.280. The number of imidazole rings is 1. The number of nitriles is 1. The van der Waals surface area contributed by atoms with Crippen molar-refractivity contribution in [3.63, 3.8) is 0 Å². The van der Waals surface area contributed by atoms with Crippen molar-refractivity contribution in [2.24, 2.45) is 0 Å². The summed E-state index contributed by atoms with van der Waals surface area (Å²) in [7, 11) is 1.61. The van der Waals surface area contributed by atoms with Crippen molar-refractivity contribution in [3.8, 4) is 17.6 Å². The number of hydrogen-bond donors (Lipinski definition) is 0. The van der Waals surface area contributed by atoms with Gasteiger partial charge in [-0.15, -0.1) is 0 Å². The molecule has 0 bridgehead atoms. The first-order valence-electron chi connectivity index (χ1n) is 10.3. The molecule has 6 heteroatoms. The first-order valence-corrected chi connectivity index (χ1v) is 11.0. The lowest BCUT2D eigenvalue weighted by atomic mass is 10.1. The maximum absolute atomic E-state index is 9.87. The number of nitrogens with zero attached hydrogens (tertiary/aromatic N) is 3. The summed E-state index contributed by atoms with van der Waals surface area (Å²) in [6, 6.07) is 23.8. The molecular weight excluding hydrogens is 466 g/mol. The van der Waals surface area contributed by atoms with Crippen LogP contribution < -0.4 is 9.47 Å². The first kappa shape index (κ1) is 21.7. The number of halogens is 1. The molecule has 0 radical (unpaired) electrons. The highest BCUT2D eigenvalue weighted by Crippen LogP contribution is 2.31. The van der Waals surface area contributed by atoms with E-state index in [4.69, 9.17) is 14.5 Å². The number of hydrogen-bond acceptors (Lipinski definition) is 4. The monoisotopic (exact) mass is 487 g/mol. The molecule has 0 atom stereocenters. The van der Waals surface area contributed by atoms with Gasteiger partial charge in [-0.1, -0.05) is 46.3 Å². The molecule has 4 rings (SSSR count). The summed E-state index contributed by atoms with van der Waals surface area (Å²) in [6.45, 7) is 3.21. The third-order valence-electron chi connectivity index (χ3n) is 5.14. The molecule has 0 saturated carbocycles.